The minimum Gasteiger partial charge on any atom is -0.623 e. The number of carbonyl (C=O) groups excluding carboxylic acids is 1. The highest BCUT2D eigenvalue weighted by Gasteiger charge is 2.29. The Morgan fingerprint density at radius 2 is 1.71 bits per heavy atom. The maximum Gasteiger partial charge on any atom is 0.381 e. The number of carbonyl (C=O) groups is 1. The molecule has 0 saturated heterocycles. The minimum atomic E-state index is -0.994. The molecule has 0 aliphatic carbocycles. The van der Waals surface area contributed by atoms with Crippen LogP contribution in [0, 0.1) is 5.21 Å². The van der Waals surface area contributed by atoms with Crippen LogP contribution < -0.4 is 0 Å². The molecule has 4 nitrogen and oxygen atoms in total. The summed E-state index contributed by atoms with van der Waals surface area (Å²) in [6.45, 7) is 1.96. The second-order valence-corrected chi connectivity index (χ2v) is 4.46. The van der Waals surface area contributed by atoms with Crippen LogP contribution in [-0.2, 0) is 9.53 Å². The minimum absolute atomic E-state index is 0.237. The summed E-state index contributed by atoms with van der Waals surface area (Å²) in [5.74, 6) is -0.550. The zero-order valence-corrected chi connectivity index (χ0v) is 11.8. The number of hydroxylamine groups is 1. The monoisotopic (exact) mass is 283 g/mol. The van der Waals surface area contributed by atoms with E-state index in [1.54, 1.807) is 43.3 Å². The standard InChI is InChI=1S/C17H17NO3/c1-2-21-17(19)16(15-11-7-4-8-12-15)18(20)13-14-9-5-3-6-10-14/h3-13,16H,2H2,1H3/b18-13+. The van der Waals surface area contributed by atoms with Crippen molar-refractivity contribution in [3.8, 4) is 0 Å². The molecule has 0 amide bonds. The van der Waals surface area contributed by atoms with E-state index in [-0.39, 0.29) is 6.61 Å². The van der Waals surface area contributed by atoms with Crippen molar-refractivity contribution in [2.45, 2.75) is 13.0 Å². The molecule has 1 unspecified atom stereocenters. The lowest BCUT2D eigenvalue weighted by Gasteiger charge is -2.15. The number of esters is 1. The molecule has 0 aromatic heterocycles. The predicted molar refractivity (Wildman–Crippen MR) is 81.1 cm³/mol. The van der Waals surface area contributed by atoms with Gasteiger partial charge in [-0.1, -0.05) is 48.5 Å². The van der Waals surface area contributed by atoms with Gasteiger partial charge in [0.2, 0.25) is 0 Å². The molecule has 0 aliphatic heterocycles. The van der Waals surface area contributed by atoms with Crippen molar-refractivity contribution in [3.05, 3.63) is 77.0 Å². The van der Waals surface area contributed by atoms with Gasteiger partial charge in [0.1, 0.15) is 0 Å². The van der Waals surface area contributed by atoms with Gasteiger partial charge in [0.15, 0.2) is 6.21 Å². The van der Waals surface area contributed by atoms with Crippen molar-refractivity contribution in [2.75, 3.05) is 6.61 Å². The molecule has 0 aliphatic rings. The van der Waals surface area contributed by atoms with E-state index < -0.39 is 12.0 Å². The molecule has 0 radical (unpaired) electrons. The van der Waals surface area contributed by atoms with Crippen LogP contribution in [0.15, 0.2) is 60.7 Å². The smallest absolute Gasteiger partial charge is 0.381 e. The SMILES string of the molecule is CCOC(=O)C(c1ccccc1)/[N+]([O-])=C\c1ccccc1. The molecule has 0 N–H and O–H groups in total. The summed E-state index contributed by atoms with van der Waals surface area (Å²) in [6, 6.07) is 17.0. The molecule has 108 valence electrons. The maximum atomic E-state index is 12.4. The van der Waals surface area contributed by atoms with Gasteiger partial charge < -0.3 is 9.94 Å². The van der Waals surface area contributed by atoms with E-state index in [1.807, 2.05) is 24.3 Å². The van der Waals surface area contributed by atoms with E-state index in [9.17, 15) is 10.0 Å². The van der Waals surface area contributed by atoms with Gasteiger partial charge in [0.25, 0.3) is 6.04 Å². The molecular formula is C17H17NO3. The van der Waals surface area contributed by atoms with Gasteiger partial charge in [0, 0.05) is 11.1 Å². The Morgan fingerprint density at radius 1 is 1.14 bits per heavy atom. The highest BCUT2D eigenvalue weighted by atomic mass is 16.5. The van der Waals surface area contributed by atoms with Crippen LogP contribution in [0.2, 0.25) is 0 Å². The van der Waals surface area contributed by atoms with Gasteiger partial charge in [0.05, 0.1) is 6.61 Å². The lowest BCUT2D eigenvalue weighted by atomic mass is 10.1. The van der Waals surface area contributed by atoms with Crippen LogP contribution in [0.3, 0.4) is 0 Å². The fourth-order valence-corrected chi connectivity index (χ4v) is 2.00. The molecule has 0 saturated carbocycles. The Bertz CT molecular complexity index is 608. The summed E-state index contributed by atoms with van der Waals surface area (Å²) in [4.78, 5) is 12.1. The van der Waals surface area contributed by atoms with Crippen LogP contribution in [0.1, 0.15) is 24.1 Å². The first-order valence-electron chi connectivity index (χ1n) is 6.79. The summed E-state index contributed by atoms with van der Waals surface area (Å²) in [5.41, 5.74) is 1.34. The summed E-state index contributed by atoms with van der Waals surface area (Å²) in [7, 11) is 0. The first kappa shape index (κ1) is 14.8. The number of hydrogen-bond donors (Lipinski definition) is 0. The quantitative estimate of drug-likeness (QED) is 0.279. The lowest BCUT2D eigenvalue weighted by Crippen LogP contribution is -2.25. The predicted octanol–water partition coefficient (Wildman–Crippen LogP) is 2.92. The van der Waals surface area contributed by atoms with Gasteiger partial charge in [-0.2, -0.15) is 4.74 Å². The summed E-state index contributed by atoms with van der Waals surface area (Å²) in [6.07, 6.45) is 1.40. The fourth-order valence-electron chi connectivity index (χ4n) is 2.00. The van der Waals surface area contributed by atoms with Crippen LogP contribution in [0.4, 0.5) is 0 Å². The normalized spacial score (nSPS) is 12.7. The fraction of sp³-hybridized carbons (Fsp3) is 0.176. The third-order valence-electron chi connectivity index (χ3n) is 2.96. The van der Waals surface area contributed by atoms with Gasteiger partial charge in [-0.25, -0.2) is 4.79 Å². The van der Waals surface area contributed by atoms with Crippen LogP contribution in [0.25, 0.3) is 0 Å². The number of ether oxygens (including phenoxy) is 1. The highest BCUT2D eigenvalue weighted by Crippen LogP contribution is 2.18. The molecule has 0 bridgehead atoms. The molecular weight excluding hydrogens is 266 g/mol. The number of benzene rings is 2. The number of nitrogens with zero attached hydrogens (tertiary/aromatic N) is 1. The molecule has 2 aromatic rings. The highest BCUT2D eigenvalue weighted by molar-refractivity contribution is 5.80. The summed E-state index contributed by atoms with van der Waals surface area (Å²) < 4.78 is 5.66. The lowest BCUT2D eigenvalue weighted by molar-refractivity contribution is -0.490. The molecule has 0 spiro atoms. The van der Waals surface area contributed by atoms with Crippen molar-refractivity contribution in [1.29, 1.82) is 0 Å². The molecule has 4 heteroatoms. The van der Waals surface area contributed by atoms with E-state index in [1.165, 1.54) is 6.21 Å². The van der Waals surface area contributed by atoms with Crippen molar-refractivity contribution in [2.24, 2.45) is 0 Å². The zero-order chi connectivity index (χ0) is 15.1. The molecule has 1 atom stereocenters. The van der Waals surface area contributed by atoms with Crippen molar-refractivity contribution in [1.82, 2.24) is 0 Å². The number of hydrogen-bond acceptors (Lipinski definition) is 3. The molecule has 0 fully saturated rings. The van der Waals surface area contributed by atoms with Gasteiger partial charge >= 0.3 is 5.97 Å². The van der Waals surface area contributed by atoms with E-state index in [2.05, 4.69) is 0 Å². The number of rotatable bonds is 5. The second kappa shape index (κ2) is 7.24. The topological polar surface area (TPSA) is 52.4 Å². The van der Waals surface area contributed by atoms with Crippen LogP contribution in [0.5, 0.6) is 0 Å². The maximum absolute atomic E-state index is 12.4. The van der Waals surface area contributed by atoms with E-state index in [0.29, 0.717) is 10.3 Å². The van der Waals surface area contributed by atoms with Gasteiger partial charge in [-0.15, -0.1) is 0 Å². The molecule has 0 heterocycles. The Labute approximate surface area is 123 Å². The van der Waals surface area contributed by atoms with E-state index in [0.717, 1.165) is 5.56 Å². The Kier molecular flexibility index (Phi) is 5.10. The average molecular weight is 283 g/mol. The van der Waals surface area contributed by atoms with Gasteiger partial charge in [-0.3, -0.25) is 0 Å². The Hall–Kier alpha value is -2.62. The summed E-state index contributed by atoms with van der Waals surface area (Å²) >= 11 is 0. The summed E-state index contributed by atoms with van der Waals surface area (Å²) in [5, 5.41) is 12.4. The van der Waals surface area contributed by atoms with Crippen molar-refractivity contribution < 1.29 is 14.3 Å². The first-order valence-corrected chi connectivity index (χ1v) is 6.79. The van der Waals surface area contributed by atoms with Gasteiger partial charge in [-0.05, 0) is 19.1 Å². The zero-order valence-electron chi connectivity index (χ0n) is 11.8. The Balaban J connectivity index is 2.35. The molecule has 2 rings (SSSR count). The van der Waals surface area contributed by atoms with E-state index in [4.69, 9.17) is 4.74 Å². The molecule has 2 aromatic carbocycles. The van der Waals surface area contributed by atoms with Crippen molar-refractivity contribution in [3.63, 3.8) is 0 Å². The van der Waals surface area contributed by atoms with E-state index >= 15 is 0 Å². The average Bonchev–Trinajstić information content (AvgIpc) is 2.50. The second-order valence-electron chi connectivity index (χ2n) is 4.46. The van der Waals surface area contributed by atoms with Crippen molar-refractivity contribution >= 4 is 12.2 Å². The first-order chi connectivity index (χ1) is 10.2. The van der Waals surface area contributed by atoms with Crippen LogP contribution >= 0.6 is 0 Å². The van der Waals surface area contributed by atoms with Crippen LogP contribution in [-0.4, -0.2) is 23.5 Å². The Morgan fingerprint density at radius 3 is 2.29 bits per heavy atom. The largest absolute Gasteiger partial charge is 0.623 e. The molecule has 21 heavy (non-hydrogen) atoms. The third kappa shape index (κ3) is 3.92. The third-order valence-corrected chi connectivity index (χ3v) is 2.96.